The molecule has 0 fully saturated rings. The Kier molecular flexibility index (Phi) is 6.35. The van der Waals surface area contributed by atoms with Crippen molar-refractivity contribution in [1.82, 2.24) is 20.4 Å². The van der Waals surface area contributed by atoms with Crippen molar-refractivity contribution in [2.75, 3.05) is 26.4 Å². The highest BCUT2D eigenvalue weighted by Gasteiger charge is 2.15. The highest BCUT2D eigenvalue weighted by molar-refractivity contribution is 8.01. The molecule has 0 bridgehead atoms. The molecule has 22 heavy (non-hydrogen) atoms. The first kappa shape index (κ1) is 16.9. The van der Waals surface area contributed by atoms with Gasteiger partial charge in [-0.3, -0.25) is 4.79 Å². The standard InChI is InChI=1S/C15H20N4OS2/c1-11-4-6-12(7-5-11)13(19(2)3)8-16-14(20)9-21-15-18-17-10-22-15/h4-7,10,13H,8-9H2,1-3H3,(H,16,20). The van der Waals surface area contributed by atoms with E-state index >= 15 is 0 Å². The summed E-state index contributed by atoms with van der Waals surface area (Å²) in [5.74, 6) is 0.377. The Morgan fingerprint density at radius 1 is 1.36 bits per heavy atom. The molecule has 118 valence electrons. The Bertz CT molecular complexity index is 584. The van der Waals surface area contributed by atoms with Crippen molar-refractivity contribution in [3.63, 3.8) is 0 Å². The van der Waals surface area contributed by atoms with Gasteiger partial charge in [-0.2, -0.15) is 0 Å². The molecule has 1 unspecified atom stereocenters. The molecule has 1 N–H and O–H groups in total. The number of likely N-dealkylation sites (N-methyl/N-ethyl adjacent to an activating group) is 1. The Balaban J connectivity index is 1.86. The number of amides is 1. The molecule has 0 spiro atoms. The van der Waals surface area contributed by atoms with E-state index < -0.39 is 0 Å². The van der Waals surface area contributed by atoms with Crippen LogP contribution in [0.5, 0.6) is 0 Å². The van der Waals surface area contributed by atoms with Gasteiger partial charge in [-0.1, -0.05) is 52.9 Å². The van der Waals surface area contributed by atoms with E-state index in [0.29, 0.717) is 12.3 Å². The minimum absolute atomic E-state index is 0.0131. The molecule has 0 radical (unpaired) electrons. The van der Waals surface area contributed by atoms with Crippen molar-refractivity contribution in [3.8, 4) is 0 Å². The number of nitrogens with one attached hydrogen (secondary N) is 1. The van der Waals surface area contributed by atoms with Crippen LogP contribution in [-0.4, -0.2) is 47.4 Å². The summed E-state index contributed by atoms with van der Waals surface area (Å²) in [7, 11) is 4.04. The molecule has 2 aromatic rings. The third-order valence-corrected chi connectivity index (χ3v) is 5.11. The largest absolute Gasteiger partial charge is 0.353 e. The summed E-state index contributed by atoms with van der Waals surface area (Å²) in [6.45, 7) is 2.66. The number of carbonyl (C=O) groups excluding carboxylic acids is 1. The van der Waals surface area contributed by atoms with Crippen molar-refractivity contribution in [3.05, 3.63) is 40.9 Å². The van der Waals surface area contributed by atoms with Gasteiger partial charge in [-0.15, -0.1) is 10.2 Å². The molecule has 1 amide bonds. The Morgan fingerprint density at radius 2 is 2.09 bits per heavy atom. The highest BCUT2D eigenvalue weighted by atomic mass is 32.2. The Hall–Kier alpha value is -1.44. The second kappa shape index (κ2) is 8.26. The number of benzene rings is 1. The van der Waals surface area contributed by atoms with Crippen molar-refractivity contribution in [1.29, 1.82) is 0 Å². The van der Waals surface area contributed by atoms with E-state index in [1.54, 1.807) is 5.51 Å². The molecule has 1 heterocycles. The van der Waals surface area contributed by atoms with Gasteiger partial charge in [-0.05, 0) is 26.6 Å². The van der Waals surface area contributed by atoms with Crippen molar-refractivity contribution < 1.29 is 4.79 Å². The first-order valence-electron chi connectivity index (χ1n) is 6.95. The second-order valence-electron chi connectivity index (χ2n) is 5.19. The predicted octanol–water partition coefficient (Wildman–Crippen LogP) is 2.36. The lowest BCUT2D eigenvalue weighted by Crippen LogP contribution is -2.35. The molecular formula is C15H20N4OS2. The van der Waals surface area contributed by atoms with Crippen molar-refractivity contribution >= 4 is 29.0 Å². The zero-order chi connectivity index (χ0) is 15.9. The quantitative estimate of drug-likeness (QED) is 0.787. The minimum atomic E-state index is 0.0131. The third-order valence-electron chi connectivity index (χ3n) is 3.24. The normalized spacial score (nSPS) is 12.4. The number of hydrogen-bond donors (Lipinski definition) is 1. The van der Waals surface area contributed by atoms with E-state index in [9.17, 15) is 4.79 Å². The monoisotopic (exact) mass is 336 g/mol. The van der Waals surface area contributed by atoms with Crippen molar-refractivity contribution in [2.24, 2.45) is 0 Å². The van der Waals surface area contributed by atoms with Crippen LogP contribution < -0.4 is 5.32 Å². The lowest BCUT2D eigenvalue weighted by atomic mass is 10.0. The number of thioether (sulfide) groups is 1. The van der Waals surface area contributed by atoms with Crippen LogP contribution in [0.4, 0.5) is 0 Å². The van der Waals surface area contributed by atoms with Gasteiger partial charge in [0.05, 0.1) is 11.8 Å². The van der Waals surface area contributed by atoms with E-state index in [1.807, 2.05) is 14.1 Å². The molecule has 0 aliphatic rings. The minimum Gasteiger partial charge on any atom is -0.353 e. The summed E-state index contributed by atoms with van der Waals surface area (Å²) in [6.07, 6.45) is 0. The maximum Gasteiger partial charge on any atom is 0.230 e. The van der Waals surface area contributed by atoms with Gasteiger partial charge in [0.25, 0.3) is 0 Å². The summed E-state index contributed by atoms with van der Waals surface area (Å²) in [6, 6.07) is 8.58. The third kappa shape index (κ3) is 5.08. The number of rotatable bonds is 7. The van der Waals surface area contributed by atoms with Gasteiger partial charge >= 0.3 is 0 Å². The van der Waals surface area contributed by atoms with E-state index in [0.717, 1.165) is 4.34 Å². The van der Waals surface area contributed by atoms with Crippen LogP contribution in [0.15, 0.2) is 34.1 Å². The molecule has 0 aliphatic heterocycles. The molecule has 2 rings (SSSR count). The number of aromatic nitrogens is 2. The second-order valence-corrected chi connectivity index (χ2v) is 7.24. The molecule has 7 heteroatoms. The van der Waals surface area contributed by atoms with Crippen LogP contribution in [0.25, 0.3) is 0 Å². The summed E-state index contributed by atoms with van der Waals surface area (Å²) >= 11 is 2.86. The van der Waals surface area contributed by atoms with Gasteiger partial charge in [0.2, 0.25) is 5.91 Å². The first-order valence-corrected chi connectivity index (χ1v) is 8.81. The molecule has 0 saturated carbocycles. The van der Waals surface area contributed by atoms with Gasteiger partial charge < -0.3 is 10.2 Å². The smallest absolute Gasteiger partial charge is 0.230 e. The van der Waals surface area contributed by atoms with Crippen LogP contribution >= 0.6 is 23.1 Å². The zero-order valence-corrected chi connectivity index (χ0v) is 14.6. The maximum absolute atomic E-state index is 12.0. The molecular weight excluding hydrogens is 316 g/mol. The molecule has 1 atom stereocenters. The topological polar surface area (TPSA) is 58.1 Å². The fourth-order valence-electron chi connectivity index (χ4n) is 2.00. The molecule has 0 aliphatic carbocycles. The SMILES string of the molecule is Cc1ccc(C(CNC(=O)CSc2nncs2)N(C)C)cc1. The molecule has 0 saturated heterocycles. The van der Waals surface area contributed by atoms with Crippen LogP contribution in [0.2, 0.25) is 0 Å². The number of hydrogen-bond acceptors (Lipinski definition) is 6. The summed E-state index contributed by atoms with van der Waals surface area (Å²) in [4.78, 5) is 14.1. The van der Waals surface area contributed by atoms with E-state index in [2.05, 4.69) is 51.6 Å². The highest BCUT2D eigenvalue weighted by Crippen LogP contribution is 2.19. The first-order chi connectivity index (χ1) is 10.6. The van der Waals surface area contributed by atoms with Gasteiger partial charge in [0, 0.05) is 6.54 Å². The number of nitrogens with zero attached hydrogens (tertiary/aromatic N) is 3. The summed E-state index contributed by atoms with van der Waals surface area (Å²) < 4.78 is 0.817. The maximum atomic E-state index is 12.0. The van der Waals surface area contributed by atoms with E-state index in [4.69, 9.17) is 0 Å². The van der Waals surface area contributed by atoms with Gasteiger partial charge in [0.15, 0.2) is 4.34 Å². The van der Waals surface area contributed by atoms with E-state index in [-0.39, 0.29) is 11.9 Å². The predicted molar refractivity (Wildman–Crippen MR) is 91.2 cm³/mol. The van der Waals surface area contributed by atoms with Crippen LogP contribution in [0.3, 0.4) is 0 Å². The summed E-state index contributed by atoms with van der Waals surface area (Å²) in [5, 5.41) is 10.7. The lowest BCUT2D eigenvalue weighted by molar-refractivity contribution is -0.118. The lowest BCUT2D eigenvalue weighted by Gasteiger charge is -2.25. The number of aryl methyl sites for hydroxylation is 1. The average molecular weight is 336 g/mol. The zero-order valence-electron chi connectivity index (χ0n) is 12.9. The Morgan fingerprint density at radius 3 is 2.68 bits per heavy atom. The van der Waals surface area contributed by atoms with Crippen LogP contribution in [0.1, 0.15) is 17.2 Å². The van der Waals surface area contributed by atoms with E-state index in [1.165, 1.54) is 34.2 Å². The summed E-state index contributed by atoms with van der Waals surface area (Å²) in [5.41, 5.74) is 4.10. The Labute approximate surface area is 139 Å². The molecule has 5 nitrogen and oxygen atoms in total. The molecule has 1 aromatic heterocycles. The van der Waals surface area contributed by atoms with Gasteiger partial charge in [0.1, 0.15) is 5.51 Å². The van der Waals surface area contributed by atoms with Gasteiger partial charge in [-0.25, -0.2) is 0 Å². The van der Waals surface area contributed by atoms with Crippen LogP contribution in [-0.2, 0) is 4.79 Å². The fourth-order valence-corrected chi connectivity index (χ4v) is 3.32. The fraction of sp³-hybridized carbons (Fsp3) is 0.400. The number of carbonyl (C=O) groups is 1. The molecule has 1 aromatic carbocycles. The van der Waals surface area contributed by atoms with Crippen LogP contribution in [0, 0.1) is 6.92 Å². The average Bonchev–Trinajstić information content (AvgIpc) is 3.00. The van der Waals surface area contributed by atoms with Crippen molar-refractivity contribution in [2.45, 2.75) is 17.3 Å².